The fourth-order valence-electron chi connectivity index (χ4n) is 2.89. The van der Waals surface area contributed by atoms with Crippen LogP contribution in [-0.2, 0) is 0 Å². The first kappa shape index (κ1) is 14.9. The Morgan fingerprint density at radius 1 is 1.18 bits per heavy atom. The highest BCUT2D eigenvalue weighted by Gasteiger charge is 2.28. The van der Waals surface area contributed by atoms with Gasteiger partial charge in [-0.25, -0.2) is 0 Å². The molecule has 4 N–H and O–H groups in total. The highest BCUT2D eigenvalue weighted by Crippen LogP contribution is 2.13. The van der Waals surface area contributed by atoms with Crippen LogP contribution in [0, 0.1) is 0 Å². The predicted molar refractivity (Wildman–Crippen MR) is 89.7 cm³/mol. The van der Waals surface area contributed by atoms with E-state index in [4.69, 9.17) is 4.99 Å². The summed E-state index contributed by atoms with van der Waals surface area (Å²) in [5.74, 6) is 3.00. The monoisotopic (exact) mass is 306 g/mol. The lowest BCUT2D eigenvalue weighted by Crippen LogP contribution is -2.46. The van der Waals surface area contributed by atoms with Crippen LogP contribution in [-0.4, -0.2) is 81.1 Å². The van der Waals surface area contributed by atoms with E-state index in [0.717, 1.165) is 57.6 Å². The zero-order valence-corrected chi connectivity index (χ0v) is 13.4. The summed E-state index contributed by atoms with van der Waals surface area (Å²) >= 11 is 0. The molecule has 3 aliphatic rings. The van der Waals surface area contributed by atoms with Crippen LogP contribution >= 0.6 is 0 Å². The Morgan fingerprint density at radius 2 is 2.09 bits per heavy atom. The van der Waals surface area contributed by atoms with Crippen molar-refractivity contribution in [3.8, 4) is 0 Å². The Hall–Kier alpha value is -1.99. The van der Waals surface area contributed by atoms with Gasteiger partial charge >= 0.3 is 0 Å². The first-order valence-electron chi connectivity index (χ1n) is 8.09. The largest absolute Gasteiger partial charge is 0.357 e. The molecule has 3 heterocycles. The molecule has 2 unspecified atom stereocenters. The minimum atomic E-state index is 0.350. The number of aliphatic imine (C=N–C) groups is 3. The maximum Gasteiger partial charge on any atom is 0.191 e. The number of nitrogens with zero attached hydrogens (tertiary/aromatic N) is 4. The van der Waals surface area contributed by atoms with Gasteiger partial charge in [0.1, 0.15) is 5.84 Å². The van der Waals surface area contributed by atoms with Crippen molar-refractivity contribution >= 4 is 17.8 Å². The van der Waals surface area contributed by atoms with Gasteiger partial charge in [0.05, 0.1) is 31.7 Å². The lowest BCUT2D eigenvalue weighted by molar-refractivity contribution is 0.391. The van der Waals surface area contributed by atoms with Crippen LogP contribution in [0.1, 0.15) is 13.3 Å². The van der Waals surface area contributed by atoms with Crippen molar-refractivity contribution in [2.24, 2.45) is 15.0 Å². The molecule has 0 aromatic heterocycles. The standard InChI is InChI=1S/C14H26N8/c1-3-15-14-19-7-10(21-14)6-12-18-8-11(22(12)2)9-20-13-16-4-5-17-13/h10-11H,3-9H2,1-2H3,(H2,15,19,21)(H2,16,17,20). The van der Waals surface area contributed by atoms with Gasteiger partial charge in [0.15, 0.2) is 11.9 Å². The highest BCUT2D eigenvalue weighted by atomic mass is 15.3. The van der Waals surface area contributed by atoms with Gasteiger partial charge in [-0.2, -0.15) is 0 Å². The Labute approximate surface area is 131 Å². The summed E-state index contributed by atoms with van der Waals surface area (Å²) in [6.45, 7) is 7.31. The van der Waals surface area contributed by atoms with E-state index >= 15 is 0 Å². The molecule has 22 heavy (non-hydrogen) atoms. The molecule has 122 valence electrons. The normalized spacial score (nSPS) is 27.0. The lowest BCUT2D eigenvalue weighted by Gasteiger charge is -2.25. The van der Waals surface area contributed by atoms with Gasteiger partial charge in [-0.15, -0.1) is 0 Å². The van der Waals surface area contributed by atoms with Crippen molar-refractivity contribution in [3.05, 3.63) is 0 Å². The molecule has 0 aliphatic carbocycles. The molecule has 0 bridgehead atoms. The van der Waals surface area contributed by atoms with Crippen LogP contribution in [0.15, 0.2) is 15.0 Å². The minimum absolute atomic E-state index is 0.350. The summed E-state index contributed by atoms with van der Waals surface area (Å²) in [5, 5.41) is 13.2. The van der Waals surface area contributed by atoms with Gasteiger partial charge in [0.2, 0.25) is 0 Å². The third-order valence-corrected chi connectivity index (χ3v) is 4.20. The topological polar surface area (TPSA) is 88.4 Å². The first-order valence-corrected chi connectivity index (χ1v) is 8.09. The molecule has 0 saturated heterocycles. The Bertz CT molecular complexity index is 483. The van der Waals surface area contributed by atoms with Crippen LogP contribution in [0.25, 0.3) is 0 Å². The summed E-state index contributed by atoms with van der Waals surface area (Å²) in [5.41, 5.74) is 0. The fourth-order valence-corrected chi connectivity index (χ4v) is 2.89. The zero-order valence-electron chi connectivity index (χ0n) is 13.4. The smallest absolute Gasteiger partial charge is 0.191 e. The van der Waals surface area contributed by atoms with Gasteiger partial charge in [0.25, 0.3) is 0 Å². The molecule has 8 heteroatoms. The Balaban J connectivity index is 1.42. The van der Waals surface area contributed by atoms with Crippen LogP contribution < -0.4 is 21.3 Å². The van der Waals surface area contributed by atoms with Gasteiger partial charge < -0.3 is 26.2 Å². The molecule has 0 aromatic rings. The van der Waals surface area contributed by atoms with Crippen LogP contribution in [0.5, 0.6) is 0 Å². The molecule has 8 nitrogen and oxygen atoms in total. The molecule has 0 amide bonds. The van der Waals surface area contributed by atoms with E-state index < -0.39 is 0 Å². The van der Waals surface area contributed by atoms with Crippen molar-refractivity contribution in [2.75, 3.05) is 46.3 Å². The van der Waals surface area contributed by atoms with Crippen LogP contribution in [0.4, 0.5) is 0 Å². The maximum atomic E-state index is 4.71. The van der Waals surface area contributed by atoms with Crippen molar-refractivity contribution < 1.29 is 0 Å². The number of hydrogen-bond acceptors (Lipinski definition) is 8. The van der Waals surface area contributed by atoms with E-state index in [-0.39, 0.29) is 0 Å². The number of amidine groups is 1. The fraction of sp³-hybridized carbons (Fsp3) is 0.786. The Kier molecular flexibility index (Phi) is 4.65. The first-order chi connectivity index (χ1) is 10.8. The van der Waals surface area contributed by atoms with E-state index in [1.807, 2.05) is 0 Å². The van der Waals surface area contributed by atoms with Crippen molar-refractivity contribution in [3.63, 3.8) is 0 Å². The number of likely N-dealkylation sites (N-methyl/N-ethyl adjacent to an activating group) is 1. The average Bonchev–Trinajstić information content (AvgIpc) is 3.23. The molecule has 3 aliphatic heterocycles. The second-order valence-corrected chi connectivity index (χ2v) is 5.82. The summed E-state index contributed by atoms with van der Waals surface area (Å²) in [6, 6.07) is 0.749. The van der Waals surface area contributed by atoms with Gasteiger partial charge in [-0.05, 0) is 6.92 Å². The molecule has 3 rings (SSSR count). The Morgan fingerprint density at radius 3 is 2.86 bits per heavy atom. The summed E-state index contributed by atoms with van der Waals surface area (Å²) in [4.78, 5) is 15.8. The summed E-state index contributed by atoms with van der Waals surface area (Å²) < 4.78 is 0. The van der Waals surface area contributed by atoms with Crippen molar-refractivity contribution in [1.29, 1.82) is 0 Å². The molecule has 2 atom stereocenters. The van der Waals surface area contributed by atoms with Gasteiger partial charge in [-0.1, -0.05) is 0 Å². The molecule has 0 fully saturated rings. The molecule has 0 spiro atoms. The second kappa shape index (κ2) is 6.85. The quantitative estimate of drug-likeness (QED) is 0.500. The lowest BCUT2D eigenvalue weighted by atomic mass is 10.2. The van der Waals surface area contributed by atoms with E-state index in [1.54, 1.807) is 0 Å². The van der Waals surface area contributed by atoms with E-state index in [9.17, 15) is 0 Å². The average molecular weight is 306 g/mol. The van der Waals surface area contributed by atoms with E-state index in [0.29, 0.717) is 12.1 Å². The van der Waals surface area contributed by atoms with Crippen molar-refractivity contribution in [1.82, 2.24) is 26.2 Å². The van der Waals surface area contributed by atoms with E-state index in [1.165, 1.54) is 5.84 Å². The highest BCUT2D eigenvalue weighted by molar-refractivity contribution is 5.87. The summed E-state index contributed by atoms with van der Waals surface area (Å²) in [7, 11) is 2.13. The summed E-state index contributed by atoms with van der Waals surface area (Å²) in [6.07, 6.45) is 0.921. The van der Waals surface area contributed by atoms with Gasteiger partial charge in [-0.3, -0.25) is 15.0 Å². The van der Waals surface area contributed by atoms with E-state index in [2.05, 4.69) is 50.1 Å². The number of guanidine groups is 2. The van der Waals surface area contributed by atoms with Crippen LogP contribution in [0.2, 0.25) is 0 Å². The van der Waals surface area contributed by atoms with Crippen molar-refractivity contribution in [2.45, 2.75) is 25.4 Å². The maximum absolute atomic E-state index is 4.71. The molecule has 0 radical (unpaired) electrons. The number of hydrogen-bond donors (Lipinski definition) is 4. The molecular formula is C14H26N8. The predicted octanol–water partition coefficient (Wildman–Crippen LogP) is -1.42. The number of rotatable bonds is 5. The van der Waals surface area contributed by atoms with Gasteiger partial charge in [0, 0.05) is 33.1 Å². The third kappa shape index (κ3) is 3.42. The SMILES string of the molecule is CCNC1=NCC(CC2=NCC(CNC3=NCCN3)N2C)N1. The molecule has 0 saturated carbocycles. The molecular weight excluding hydrogens is 280 g/mol. The second-order valence-electron chi connectivity index (χ2n) is 5.82. The molecule has 0 aromatic carbocycles. The minimum Gasteiger partial charge on any atom is -0.357 e. The third-order valence-electron chi connectivity index (χ3n) is 4.20. The zero-order chi connectivity index (χ0) is 15.4. The van der Waals surface area contributed by atoms with Crippen LogP contribution in [0.3, 0.4) is 0 Å². The number of nitrogens with one attached hydrogen (secondary N) is 4.